The van der Waals surface area contributed by atoms with Crippen LogP contribution in [0.4, 0.5) is 4.39 Å². The minimum absolute atomic E-state index is 0. The Labute approximate surface area is 127 Å². The topological polar surface area (TPSA) is 76.7 Å². The zero-order valence-corrected chi connectivity index (χ0v) is 11.6. The summed E-state index contributed by atoms with van der Waals surface area (Å²) < 4.78 is 15.0. The quantitative estimate of drug-likeness (QED) is 0.777. The maximum Gasteiger partial charge on any atom is 0.219 e. The van der Waals surface area contributed by atoms with Crippen molar-refractivity contribution in [3.63, 3.8) is 0 Å². The number of aryl methyl sites for hydroxylation is 1. The molecule has 116 valence electrons. The smallest absolute Gasteiger partial charge is 0.219 e. The number of nitrogens with zero attached hydrogens (tertiary/aromatic N) is 2. The molecule has 0 atom stereocenters. The molecule has 0 aliphatic heterocycles. The Hall–Kier alpha value is -2.63. The molecule has 2 aromatic heterocycles. The van der Waals surface area contributed by atoms with E-state index in [1.165, 1.54) is 12.1 Å². The number of primary amides is 1. The largest absolute Gasteiger partial charge is 0.370 e. The molecule has 5 nitrogen and oxygen atoms in total. The van der Waals surface area contributed by atoms with E-state index in [4.69, 9.17) is 5.73 Å². The van der Waals surface area contributed by atoms with Gasteiger partial charge in [0.25, 0.3) is 0 Å². The number of rotatable bonds is 4. The molecule has 3 aromatic rings. The first-order valence-electron chi connectivity index (χ1n) is 6.64. The Morgan fingerprint density at radius 2 is 2.18 bits per heavy atom. The average Bonchev–Trinajstić information content (AvgIpc) is 2.99. The van der Waals surface area contributed by atoms with Crippen molar-refractivity contribution in [3.05, 3.63) is 42.1 Å². The normalized spacial score (nSPS) is 10.6. The van der Waals surface area contributed by atoms with Crippen LogP contribution in [0.5, 0.6) is 0 Å². The molecule has 0 radical (unpaired) electrons. The van der Waals surface area contributed by atoms with Crippen molar-refractivity contribution in [2.75, 3.05) is 0 Å². The number of aromatic nitrogens is 3. The third kappa shape index (κ3) is 2.72. The molecule has 0 aliphatic carbocycles. The molecule has 3 rings (SSSR count). The number of halogens is 1. The number of carbonyl (C=O) groups is 1. The summed E-state index contributed by atoms with van der Waals surface area (Å²) in [6.45, 7) is 2.39. The van der Waals surface area contributed by atoms with Gasteiger partial charge < -0.3 is 10.7 Å². The van der Waals surface area contributed by atoms with Gasteiger partial charge in [-0.1, -0.05) is 7.43 Å². The number of hydrogen-bond donors (Lipinski definition) is 2. The summed E-state index contributed by atoms with van der Waals surface area (Å²) in [5.41, 5.74) is 8.77. The summed E-state index contributed by atoms with van der Waals surface area (Å²) in [5, 5.41) is 5.23. The predicted molar refractivity (Wildman–Crippen MR) is 84.8 cm³/mol. The monoisotopic (exact) mass is 302 g/mol. The molecule has 0 spiro atoms. The molecule has 0 aliphatic rings. The second kappa shape index (κ2) is 6.01. The van der Waals surface area contributed by atoms with Crippen LogP contribution in [-0.4, -0.2) is 20.7 Å². The Kier molecular flexibility index (Phi) is 4.30. The summed E-state index contributed by atoms with van der Waals surface area (Å²) in [7, 11) is 0. The van der Waals surface area contributed by atoms with E-state index in [9.17, 15) is 9.18 Å². The van der Waals surface area contributed by atoms with Crippen LogP contribution in [0.15, 0.2) is 30.6 Å². The van der Waals surface area contributed by atoms with Gasteiger partial charge >= 0.3 is 0 Å². The number of carbonyl (C=O) groups excluding carboxylic acids is 1. The van der Waals surface area contributed by atoms with Gasteiger partial charge in [-0.05, 0) is 25.1 Å². The molecule has 6 heteroatoms. The summed E-state index contributed by atoms with van der Waals surface area (Å²) in [6.07, 6.45) is 3.84. The lowest BCUT2D eigenvalue weighted by Gasteiger charge is -2.03. The van der Waals surface area contributed by atoms with Gasteiger partial charge in [-0.3, -0.25) is 9.48 Å². The van der Waals surface area contributed by atoms with E-state index in [1.807, 2.05) is 13.1 Å². The molecule has 0 bridgehead atoms. The highest BCUT2D eigenvalue weighted by molar-refractivity contribution is 5.95. The fourth-order valence-corrected chi connectivity index (χ4v) is 2.47. The highest BCUT2D eigenvalue weighted by atomic mass is 19.1. The van der Waals surface area contributed by atoms with Crippen molar-refractivity contribution in [1.82, 2.24) is 14.8 Å². The second-order valence-electron chi connectivity index (χ2n) is 4.98. The Morgan fingerprint density at radius 1 is 1.41 bits per heavy atom. The maximum absolute atomic E-state index is 13.2. The zero-order chi connectivity index (χ0) is 15.0. The SMILES string of the molecule is C.Cc1c(-c2c[nH]c3cc(F)ccc23)cnn1CCC(N)=O. The second-order valence-corrected chi connectivity index (χ2v) is 4.98. The van der Waals surface area contributed by atoms with E-state index in [-0.39, 0.29) is 25.6 Å². The third-order valence-corrected chi connectivity index (χ3v) is 3.61. The lowest BCUT2D eigenvalue weighted by molar-refractivity contribution is -0.118. The number of benzene rings is 1. The molecule has 1 aromatic carbocycles. The van der Waals surface area contributed by atoms with Gasteiger partial charge in [0, 0.05) is 46.9 Å². The fraction of sp³-hybridized carbons (Fsp3) is 0.250. The molecule has 0 unspecified atom stereocenters. The van der Waals surface area contributed by atoms with Crippen LogP contribution in [0.2, 0.25) is 0 Å². The molecule has 1 amide bonds. The summed E-state index contributed by atoms with van der Waals surface area (Å²) in [6, 6.07) is 4.65. The first-order chi connectivity index (χ1) is 10.1. The van der Waals surface area contributed by atoms with Gasteiger partial charge in [0.15, 0.2) is 0 Å². The van der Waals surface area contributed by atoms with E-state index < -0.39 is 0 Å². The highest BCUT2D eigenvalue weighted by Gasteiger charge is 2.13. The Balaban J connectivity index is 0.00000176. The number of aromatic amines is 1. The van der Waals surface area contributed by atoms with Crippen LogP contribution in [0.3, 0.4) is 0 Å². The van der Waals surface area contributed by atoms with Crippen molar-refractivity contribution in [2.24, 2.45) is 5.73 Å². The van der Waals surface area contributed by atoms with Gasteiger partial charge in [-0.25, -0.2) is 4.39 Å². The minimum Gasteiger partial charge on any atom is -0.370 e. The Bertz CT molecular complexity index is 819. The number of fused-ring (bicyclic) bond motifs is 1. The van der Waals surface area contributed by atoms with Gasteiger partial charge in [-0.2, -0.15) is 5.10 Å². The average molecular weight is 302 g/mol. The van der Waals surface area contributed by atoms with Crippen molar-refractivity contribution in [1.29, 1.82) is 0 Å². The van der Waals surface area contributed by atoms with Crippen molar-refractivity contribution < 1.29 is 9.18 Å². The summed E-state index contributed by atoms with van der Waals surface area (Å²) in [4.78, 5) is 13.9. The molecular weight excluding hydrogens is 283 g/mol. The number of amides is 1. The third-order valence-electron chi connectivity index (χ3n) is 3.61. The molecule has 2 heterocycles. The van der Waals surface area contributed by atoms with Gasteiger partial charge in [-0.15, -0.1) is 0 Å². The number of nitrogens with one attached hydrogen (secondary N) is 1. The molecule has 22 heavy (non-hydrogen) atoms. The van der Waals surface area contributed by atoms with Crippen molar-refractivity contribution in [3.8, 4) is 11.1 Å². The fourth-order valence-electron chi connectivity index (χ4n) is 2.47. The maximum atomic E-state index is 13.2. The van der Waals surface area contributed by atoms with Gasteiger partial charge in [0.1, 0.15) is 5.82 Å². The Morgan fingerprint density at radius 3 is 2.91 bits per heavy atom. The van der Waals surface area contributed by atoms with Crippen LogP contribution in [-0.2, 0) is 11.3 Å². The first-order valence-corrected chi connectivity index (χ1v) is 6.64. The molecule has 3 N–H and O–H groups in total. The van der Waals surface area contributed by atoms with E-state index in [0.717, 1.165) is 27.7 Å². The number of H-pyrrole nitrogens is 1. The van der Waals surface area contributed by atoms with Crippen LogP contribution in [0.25, 0.3) is 22.0 Å². The molecule has 0 saturated heterocycles. The van der Waals surface area contributed by atoms with E-state index in [1.54, 1.807) is 16.9 Å². The van der Waals surface area contributed by atoms with Gasteiger partial charge in [0.05, 0.1) is 6.20 Å². The predicted octanol–water partition coefficient (Wildman–Crippen LogP) is 2.99. The van der Waals surface area contributed by atoms with E-state index in [2.05, 4.69) is 10.1 Å². The van der Waals surface area contributed by atoms with Crippen LogP contribution >= 0.6 is 0 Å². The van der Waals surface area contributed by atoms with Crippen LogP contribution in [0, 0.1) is 12.7 Å². The summed E-state index contributed by atoms with van der Waals surface area (Å²) >= 11 is 0. The standard InChI is InChI=1S/C15H15FN4O.CH4/c1-9-12(8-19-20(9)5-4-15(17)21)13-7-18-14-6-10(16)2-3-11(13)14;/h2-3,6-8,18H,4-5H2,1H3,(H2,17,21);1H4. The molecular formula is C16H19FN4O. The lowest BCUT2D eigenvalue weighted by atomic mass is 10.1. The molecule has 0 fully saturated rings. The number of nitrogens with two attached hydrogens (primary N) is 1. The van der Waals surface area contributed by atoms with E-state index in [0.29, 0.717) is 6.54 Å². The van der Waals surface area contributed by atoms with Crippen LogP contribution < -0.4 is 5.73 Å². The van der Waals surface area contributed by atoms with Crippen molar-refractivity contribution >= 4 is 16.8 Å². The van der Waals surface area contributed by atoms with E-state index >= 15 is 0 Å². The van der Waals surface area contributed by atoms with Gasteiger partial charge in [0.2, 0.25) is 5.91 Å². The lowest BCUT2D eigenvalue weighted by Crippen LogP contribution is -2.15. The van der Waals surface area contributed by atoms with Crippen molar-refractivity contribution in [2.45, 2.75) is 27.3 Å². The summed E-state index contributed by atoms with van der Waals surface area (Å²) in [5.74, 6) is -0.626. The zero-order valence-electron chi connectivity index (χ0n) is 11.6. The minimum atomic E-state index is -0.353. The number of hydrogen-bond acceptors (Lipinski definition) is 2. The molecule has 0 saturated carbocycles. The first kappa shape index (κ1) is 15.8. The highest BCUT2D eigenvalue weighted by Crippen LogP contribution is 2.31. The van der Waals surface area contributed by atoms with Crippen LogP contribution in [0.1, 0.15) is 19.5 Å².